The maximum atomic E-state index is 5.75. The number of alkyl halides is 1. The molecule has 3 rings (SSSR count). The minimum Gasteiger partial charge on any atom is -0.340 e. The molecule has 0 aliphatic heterocycles. The zero-order valence-electron chi connectivity index (χ0n) is 11.4. The van der Waals surface area contributed by atoms with Gasteiger partial charge in [-0.1, -0.05) is 12.1 Å². The van der Waals surface area contributed by atoms with Crippen molar-refractivity contribution >= 4 is 23.1 Å². The molecular weight excluding hydrogens is 270 g/mol. The van der Waals surface area contributed by atoms with Gasteiger partial charge in [-0.25, -0.2) is 9.97 Å². The fraction of sp³-hybridized carbons (Fsp3) is 0.375. The minimum atomic E-state index is 0.659. The molecule has 1 aliphatic rings. The van der Waals surface area contributed by atoms with Crippen LogP contribution in [0.4, 0.5) is 11.5 Å². The summed E-state index contributed by atoms with van der Waals surface area (Å²) in [7, 11) is 0. The molecule has 0 atom stereocenters. The molecular formula is C16H18ClN3. The van der Waals surface area contributed by atoms with E-state index in [1.54, 1.807) is 6.33 Å². The zero-order chi connectivity index (χ0) is 13.8. The first-order chi connectivity index (χ1) is 9.86. The number of hydrogen-bond donors (Lipinski definition) is 1. The maximum absolute atomic E-state index is 5.75. The first kappa shape index (κ1) is 13.4. The lowest BCUT2D eigenvalue weighted by atomic mass is 9.96. The average molecular weight is 288 g/mol. The SMILES string of the molecule is ClCCc1ccc(Nc2ncnc3c2CCCC3)cc1. The van der Waals surface area contributed by atoms with E-state index in [1.165, 1.54) is 29.7 Å². The zero-order valence-corrected chi connectivity index (χ0v) is 12.2. The van der Waals surface area contributed by atoms with Crippen LogP contribution in [-0.4, -0.2) is 15.8 Å². The summed E-state index contributed by atoms with van der Waals surface area (Å²) in [6.07, 6.45) is 7.17. The Labute approximate surface area is 124 Å². The molecule has 20 heavy (non-hydrogen) atoms. The van der Waals surface area contributed by atoms with Gasteiger partial charge in [0.15, 0.2) is 0 Å². The Kier molecular flexibility index (Phi) is 4.16. The molecule has 1 aromatic heterocycles. The van der Waals surface area contributed by atoms with Crippen LogP contribution < -0.4 is 5.32 Å². The summed E-state index contributed by atoms with van der Waals surface area (Å²) in [4.78, 5) is 8.80. The largest absolute Gasteiger partial charge is 0.340 e. The smallest absolute Gasteiger partial charge is 0.137 e. The van der Waals surface area contributed by atoms with Crippen LogP contribution in [0.15, 0.2) is 30.6 Å². The lowest BCUT2D eigenvalue weighted by molar-refractivity contribution is 0.664. The first-order valence-corrected chi connectivity index (χ1v) is 7.65. The summed E-state index contributed by atoms with van der Waals surface area (Å²) < 4.78 is 0. The van der Waals surface area contributed by atoms with Crippen molar-refractivity contribution in [3.8, 4) is 0 Å². The highest BCUT2D eigenvalue weighted by atomic mass is 35.5. The van der Waals surface area contributed by atoms with Crippen LogP contribution >= 0.6 is 11.6 Å². The van der Waals surface area contributed by atoms with Gasteiger partial charge in [-0.3, -0.25) is 0 Å². The molecule has 0 spiro atoms. The molecule has 1 aromatic carbocycles. The Morgan fingerprint density at radius 2 is 1.85 bits per heavy atom. The standard InChI is InChI=1S/C16H18ClN3/c17-10-9-12-5-7-13(8-6-12)20-16-14-3-1-2-4-15(14)18-11-19-16/h5-8,11H,1-4,9-10H2,(H,18,19,20). The molecule has 1 heterocycles. The van der Waals surface area contributed by atoms with Crippen LogP contribution in [0.3, 0.4) is 0 Å². The van der Waals surface area contributed by atoms with E-state index in [1.807, 2.05) is 0 Å². The van der Waals surface area contributed by atoms with Crippen molar-refractivity contribution in [2.45, 2.75) is 32.1 Å². The number of fused-ring (bicyclic) bond motifs is 1. The molecule has 0 radical (unpaired) electrons. The van der Waals surface area contributed by atoms with Gasteiger partial charge in [0.2, 0.25) is 0 Å². The van der Waals surface area contributed by atoms with Crippen LogP contribution in [0.25, 0.3) is 0 Å². The van der Waals surface area contributed by atoms with Gasteiger partial charge in [-0.15, -0.1) is 11.6 Å². The molecule has 1 aliphatic carbocycles. The van der Waals surface area contributed by atoms with E-state index in [0.717, 1.165) is 30.8 Å². The fourth-order valence-electron chi connectivity index (χ4n) is 2.63. The molecule has 0 saturated carbocycles. The van der Waals surface area contributed by atoms with Gasteiger partial charge in [-0.05, 0) is 49.8 Å². The van der Waals surface area contributed by atoms with Gasteiger partial charge in [0, 0.05) is 22.8 Å². The summed E-state index contributed by atoms with van der Waals surface area (Å²) in [5.74, 6) is 1.62. The van der Waals surface area contributed by atoms with Crippen molar-refractivity contribution in [2.75, 3.05) is 11.2 Å². The molecule has 0 saturated heterocycles. The van der Waals surface area contributed by atoms with Gasteiger partial charge >= 0.3 is 0 Å². The topological polar surface area (TPSA) is 37.8 Å². The number of aromatic nitrogens is 2. The number of benzene rings is 1. The minimum absolute atomic E-state index is 0.659. The predicted octanol–water partition coefficient (Wildman–Crippen LogP) is 3.88. The van der Waals surface area contributed by atoms with E-state index >= 15 is 0 Å². The highest BCUT2D eigenvalue weighted by molar-refractivity contribution is 6.17. The van der Waals surface area contributed by atoms with Crippen LogP contribution in [-0.2, 0) is 19.3 Å². The van der Waals surface area contributed by atoms with Crippen molar-refractivity contribution in [2.24, 2.45) is 0 Å². The first-order valence-electron chi connectivity index (χ1n) is 7.11. The number of nitrogens with one attached hydrogen (secondary N) is 1. The van der Waals surface area contributed by atoms with E-state index in [4.69, 9.17) is 11.6 Å². The summed E-state index contributed by atoms with van der Waals surface area (Å²) >= 11 is 5.75. The molecule has 0 fully saturated rings. The Balaban J connectivity index is 1.80. The van der Waals surface area contributed by atoms with E-state index in [-0.39, 0.29) is 0 Å². The molecule has 4 heteroatoms. The van der Waals surface area contributed by atoms with Crippen molar-refractivity contribution in [3.05, 3.63) is 47.4 Å². The van der Waals surface area contributed by atoms with Crippen LogP contribution in [0.2, 0.25) is 0 Å². The molecule has 3 nitrogen and oxygen atoms in total. The van der Waals surface area contributed by atoms with Gasteiger partial charge in [0.05, 0.1) is 0 Å². The molecule has 104 valence electrons. The van der Waals surface area contributed by atoms with Crippen LogP contribution in [0.1, 0.15) is 29.7 Å². The highest BCUT2D eigenvalue weighted by Gasteiger charge is 2.15. The Morgan fingerprint density at radius 3 is 2.65 bits per heavy atom. The summed E-state index contributed by atoms with van der Waals surface area (Å²) in [5.41, 5.74) is 4.81. The lowest BCUT2D eigenvalue weighted by Gasteiger charge is -2.18. The molecule has 0 amide bonds. The second-order valence-electron chi connectivity index (χ2n) is 5.12. The van der Waals surface area contributed by atoms with Crippen LogP contribution in [0.5, 0.6) is 0 Å². The van der Waals surface area contributed by atoms with Crippen molar-refractivity contribution in [3.63, 3.8) is 0 Å². The summed E-state index contributed by atoms with van der Waals surface area (Å²) in [5, 5.41) is 3.42. The molecule has 0 bridgehead atoms. The number of halogens is 1. The number of nitrogens with zero attached hydrogens (tertiary/aromatic N) is 2. The molecule has 2 aromatic rings. The monoisotopic (exact) mass is 287 g/mol. The Hall–Kier alpha value is -1.61. The van der Waals surface area contributed by atoms with E-state index in [9.17, 15) is 0 Å². The molecule has 1 N–H and O–H groups in total. The van der Waals surface area contributed by atoms with E-state index in [0.29, 0.717) is 5.88 Å². The number of hydrogen-bond acceptors (Lipinski definition) is 3. The normalized spacial score (nSPS) is 13.8. The summed E-state index contributed by atoms with van der Waals surface area (Å²) in [6, 6.07) is 8.38. The van der Waals surface area contributed by atoms with Crippen molar-refractivity contribution < 1.29 is 0 Å². The quantitative estimate of drug-likeness (QED) is 0.867. The second kappa shape index (κ2) is 6.23. The number of rotatable bonds is 4. The number of anilines is 2. The van der Waals surface area contributed by atoms with Gasteiger partial charge < -0.3 is 5.32 Å². The third-order valence-electron chi connectivity index (χ3n) is 3.72. The number of aryl methyl sites for hydroxylation is 2. The third-order valence-corrected chi connectivity index (χ3v) is 3.91. The van der Waals surface area contributed by atoms with Gasteiger partial charge in [0.1, 0.15) is 12.1 Å². The van der Waals surface area contributed by atoms with Gasteiger partial charge in [-0.2, -0.15) is 0 Å². The van der Waals surface area contributed by atoms with E-state index < -0.39 is 0 Å². The Bertz CT molecular complexity index is 581. The van der Waals surface area contributed by atoms with E-state index in [2.05, 4.69) is 39.6 Å². The summed E-state index contributed by atoms with van der Waals surface area (Å²) in [6.45, 7) is 0. The third kappa shape index (κ3) is 2.93. The van der Waals surface area contributed by atoms with Crippen LogP contribution in [0, 0.1) is 0 Å². The Morgan fingerprint density at radius 1 is 1.05 bits per heavy atom. The van der Waals surface area contributed by atoms with Gasteiger partial charge in [0.25, 0.3) is 0 Å². The maximum Gasteiger partial charge on any atom is 0.137 e. The predicted molar refractivity (Wildman–Crippen MR) is 82.8 cm³/mol. The molecule has 0 unspecified atom stereocenters. The highest BCUT2D eigenvalue weighted by Crippen LogP contribution is 2.26. The second-order valence-corrected chi connectivity index (χ2v) is 5.49. The average Bonchev–Trinajstić information content (AvgIpc) is 2.50. The fourth-order valence-corrected chi connectivity index (χ4v) is 2.85. The van der Waals surface area contributed by atoms with Crippen molar-refractivity contribution in [1.82, 2.24) is 9.97 Å². The van der Waals surface area contributed by atoms with Crippen molar-refractivity contribution in [1.29, 1.82) is 0 Å². The lowest BCUT2D eigenvalue weighted by Crippen LogP contribution is -2.10.